The van der Waals surface area contributed by atoms with E-state index in [0.29, 0.717) is 31.4 Å². The third kappa shape index (κ3) is 5.41. The van der Waals surface area contributed by atoms with Crippen LogP contribution in [0.3, 0.4) is 0 Å². The molecule has 198 valence electrons. The summed E-state index contributed by atoms with van der Waals surface area (Å²) in [6.07, 6.45) is 7.22. The van der Waals surface area contributed by atoms with E-state index in [1.54, 1.807) is 0 Å². The molecule has 0 spiro atoms. The van der Waals surface area contributed by atoms with E-state index in [2.05, 4.69) is 12.1 Å². The molecule has 2 bridgehead atoms. The third-order valence-corrected chi connectivity index (χ3v) is 8.37. The van der Waals surface area contributed by atoms with Crippen LogP contribution in [0.4, 0.5) is 9.59 Å². The monoisotopic (exact) mass is 507 g/mol. The summed E-state index contributed by atoms with van der Waals surface area (Å²) < 4.78 is 21.6. The number of nitrogens with zero attached hydrogens (tertiary/aromatic N) is 1. The molecule has 0 N–H and O–H groups in total. The second-order valence-corrected chi connectivity index (χ2v) is 10.4. The van der Waals surface area contributed by atoms with Gasteiger partial charge in [0.15, 0.2) is 0 Å². The Morgan fingerprint density at radius 1 is 1.03 bits per heavy atom. The van der Waals surface area contributed by atoms with Crippen LogP contribution in [-0.2, 0) is 32.7 Å². The summed E-state index contributed by atoms with van der Waals surface area (Å²) in [6.45, 7) is 3.21. The zero-order chi connectivity index (χ0) is 25.7. The van der Waals surface area contributed by atoms with Crippen LogP contribution in [0, 0.1) is 5.92 Å². The number of fused-ring (bicyclic) bond motifs is 1. The summed E-state index contributed by atoms with van der Waals surface area (Å²) in [5.41, 5.74) is 3.66. The van der Waals surface area contributed by atoms with Gasteiger partial charge in [0.2, 0.25) is 6.79 Å². The standard InChI is InChI=1S/C30H37NO6/c1-2-3-17-34-29(33)37-21-36-24-13-12-23-18-27-25-11-7-8-14-30(25,26(23)19-24)15-16-31(27)28(32)35-20-22-9-5-4-6-10-22/h4-6,9-10,12-13,19,25,27H,2-3,7-8,11,14-18,20-21H2,1H3/t25-,27+,30-/m1/s1. The molecule has 1 saturated heterocycles. The Labute approximate surface area is 219 Å². The van der Waals surface area contributed by atoms with Crippen molar-refractivity contribution in [1.82, 2.24) is 4.90 Å². The van der Waals surface area contributed by atoms with Gasteiger partial charge < -0.3 is 23.8 Å². The molecule has 3 aliphatic rings. The van der Waals surface area contributed by atoms with E-state index in [4.69, 9.17) is 18.9 Å². The highest BCUT2D eigenvalue weighted by atomic mass is 16.8. The maximum absolute atomic E-state index is 13.2. The maximum Gasteiger partial charge on any atom is 0.511 e. The molecule has 5 rings (SSSR count). The number of rotatable bonds is 8. The van der Waals surface area contributed by atoms with Gasteiger partial charge in [-0.2, -0.15) is 0 Å². The van der Waals surface area contributed by atoms with Crippen molar-refractivity contribution < 1.29 is 28.5 Å². The SMILES string of the molecule is CCCCOC(=O)OCOc1ccc2c(c1)[C@@]13CCCC[C@@H]1[C@H](C2)N(C(=O)OCc1ccccc1)CC3. The van der Waals surface area contributed by atoms with Gasteiger partial charge in [-0.1, -0.05) is 62.6 Å². The summed E-state index contributed by atoms with van der Waals surface area (Å²) in [6, 6.07) is 16.2. The van der Waals surface area contributed by atoms with E-state index in [1.165, 1.54) is 24.0 Å². The van der Waals surface area contributed by atoms with Gasteiger partial charge in [0.05, 0.1) is 6.61 Å². The van der Waals surface area contributed by atoms with Gasteiger partial charge >= 0.3 is 12.2 Å². The average molecular weight is 508 g/mol. The Morgan fingerprint density at radius 3 is 2.73 bits per heavy atom. The second kappa shape index (κ2) is 11.4. The fourth-order valence-corrected chi connectivity index (χ4v) is 6.59. The van der Waals surface area contributed by atoms with Crippen molar-refractivity contribution in [2.45, 2.75) is 76.4 Å². The number of likely N-dealkylation sites (tertiary alicyclic amines) is 1. The number of hydrogen-bond donors (Lipinski definition) is 0. The van der Waals surface area contributed by atoms with Crippen molar-refractivity contribution in [2.75, 3.05) is 19.9 Å². The van der Waals surface area contributed by atoms with Crippen molar-refractivity contribution in [3.05, 3.63) is 65.2 Å². The van der Waals surface area contributed by atoms with Gasteiger partial charge in [-0.05, 0) is 66.8 Å². The van der Waals surface area contributed by atoms with Gasteiger partial charge in [-0.25, -0.2) is 9.59 Å². The van der Waals surface area contributed by atoms with E-state index in [-0.39, 0.29) is 24.3 Å². The molecule has 2 aromatic carbocycles. The van der Waals surface area contributed by atoms with Crippen molar-refractivity contribution in [2.24, 2.45) is 5.92 Å². The first-order valence-corrected chi connectivity index (χ1v) is 13.6. The quantitative estimate of drug-likeness (QED) is 0.235. The van der Waals surface area contributed by atoms with Gasteiger partial charge in [-0.15, -0.1) is 0 Å². The number of amides is 1. The molecule has 37 heavy (non-hydrogen) atoms. The maximum atomic E-state index is 13.2. The third-order valence-electron chi connectivity index (χ3n) is 8.37. The molecule has 3 atom stereocenters. The molecule has 0 aromatic heterocycles. The van der Waals surface area contributed by atoms with Crippen molar-refractivity contribution in [3.63, 3.8) is 0 Å². The van der Waals surface area contributed by atoms with E-state index in [0.717, 1.165) is 44.1 Å². The number of hydrogen-bond acceptors (Lipinski definition) is 6. The highest BCUT2D eigenvalue weighted by Crippen LogP contribution is 2.56. The first-order valence-electron chi connectivity index (χ1n) is 13.6. The fourth-order valence-electron chi connectivity index (χ4n) is 6.59. The minimum Gasteiger partial charge on any atom is -0.457 e. The second-order valence-electron chi connectivity index (χ2n) is 10.4. The van der Waals surface area contributed by atoms with E-state index < -0.39 is 6.16 Å². The Hall–Kier alpha value is -3.22. The van der Waals surface area contributed by atoms with Crippen LogP contribution < -0.4 is 4.74 Å². The lowest BCUT2D eigenvalue weighted by Gasteiger charge is -2.58. The van der Waals surface area contributed by atoms with Crippen LogP contribution in [0.15, 0.2) is 48.5 Å². The molecule has 1 heterocycles. The number of piperidine rings is 1. The predicted molar refractivity (Wildman–Crippen MR) is 138 cm³/mol. The fraction of sp³-hybridized carbons (Fsp3) is 0.533. The van der Waals surface area contributed by atoms with Crippen LogP contribution in [0.1, 0.15) is 68.6 Å². The molecular weight excluding hydrogens is 470 g/mol. The highest BCUT2D eigenvalue weighted by Gasteiger charge is 2.55. The number of ether oxygens (including phenoxy) is 4. The lowest BCUT2D eigenvalue weighted by atomic mass is 9.52. The van der Waals surface area contributed by atoms with Crippen molar-refractivity contribution in [3.8, 4) is 5.75 Å². The Balaban J connectivity index is 1.27. The predicted octanol–water partition coefficient (Wildman–Crippen LogP) is 6.37. The molecular formula is C30H37NO6. The largest absolute Gasteiger partial charge is 0.511 e. The minimum atomic E-state index is -0.702. The molecule has 0 radical (unpaired) electrons. The molecule has 7 nitrogen and oxygen atoms in total. The lowest BCUT2D eigenvalue weighted by Crippen LogP contribution is -2.62. The summed E-state index contributed by atoms with van der Waals surface area (Å²) in [4.78, 5) is 26.9. The molecule has 2 fully saturated rings. The van der Waals surface area contributed by atoms with Crippen molar-refractivity contribution in [1.29, 1.82) is 0 Å². The summed E-state index contributed by atoms with van der Waals surface area (Å²) >= 11 is 0. The molecule has 1 saturated carbocycles. The number of carbonyl (C=O) groups is 2. The number of unbranched alkanes of at least 4 members (excludes halogenated alkanes) is 1. The minimum absolute atomic E-state index is 0.0476. The van der Waals surface area contributed by atoms with Crippen LogP contribution in [-0.4, -0.2) is 43.1 Å². The van der Waals surface area contributed by atoms with E-state index in [9.17, 15) is 9.59 Å². The topological polar surface area (TPSA) is 74.3 Å². The Morgan fingerprint density at radius 2 is 1.89 bits per heavy atom. The molecule has 1 amide bonds. The molecule has 7 heteroatoms. The zero-order valence-corrected chi connectivity index (χ0v) is 21.7. The van der Waals surface area contributed by atoms with Gasteiger partial charge in [0.25, 0.3) is 0 Å². The lowest BCUT2D eigenvalue weighted by molar-refractivity contribution is -0.0144. The van der Waals surface area contributed by atoms with Crippen LogP contribution >= 0.6 is 0 Å². The van der Waals surface area contributed by atoms with Gasteiger partial charge in [0, 0.05) is 18.0 Å². The van der Waals surface area contributed by atoms with E-state index >= 15 is 0 Å². The van der Waals surface area contributed by atoms with E-state index in [1.807, 2.05) is 48.2 Å². The smallest absolute Gasteiger partial charge is 0.457 e. The highest BCUT2D eigenvalue weighted by molar-refractivity contribution is 5.69. The Bertz CT molecular complexity index is 1090. The zero-order valence-electron chi connectivity index (χ0n) is 21.7. The Kier molecular flexibility index (Phi) is 7.87. The molecule has 2 aromatic rings. The average Bonchev–Trinajstić information content (AvgIpc) is 2.93. The molecule has 2 aliphatic carbocycles. The van der Waals surface area contributed by atoms with Crippen LogP contribution in [0.25, 0.3) is 0 Å². The summed E-state index contributed by atoms with van der Waals surface area (Å²) in [5, 5.41) is 0. The molecule has 1 aliphatic heterocycles. The van der Waals surface area contributed by atoms with Crippen molar-refractivity contribution >= 4 is 12.2 Å². The number of benzene rings is 2. The van der Waals surface area contributed by atoms with Crippen LogP contribution in [0.2, 0.25) is 0 Å². The number of carbonyl (C=O) groups excluding carboxylic acids is 2. The van der Waals surface area contributed by atoms with Gasteiger partial charge in [0.1, 0.15) is 12.4 Å². The summed E-state index contributed by atoms with van der Waals surface area (Å²) in [7, 11) is 0. The first-order chi connectivity index (χ1) is 18.1. The van der Waals surface area contributed by atoms with Gasteiger partial charge in [-0.3, -0.25) is 0 Å². The molecule has 0 unspecified atom stereocenters. The summed E-state index contributed by atoms with van der Waals surface area (Å²) in [5.74, 6) is 1.11. The van der Waals surface area contributed by atoms with Crippen LogP contribution in [0.5, 0.6) is 5.75 Å². The first kappa shape index (κ1) is 25.4. The normalized spacial score (nSPS) is 23.9.